The van der Waals surface area contributed by atoms with Crippen LogP contribution in [0, 0.1) is 11.3 Å². The lowest BCUT2D eigenvalue weighted by atomic mass is 9.92. The first-order chi connectivity index (χ1) is 19.2. The summed E-state index contributed by atoms with van der Waals surface area (Å²) >= 11 is 0. The number of carbonyl (C=O) groups is 6. The highest BCUT2D eigenvalue weighted by molar-refractivity contribution is 5.97. The molecule has 1 aliphatic heterocycles. The van der Waals surface area contributed by atoms with Gasteiger partial charge in [0.15, 0.2) is 0 Å². The molecule has 41 heavy (non-hydrogen) atoms. The van der Waals surface area contributed by atoms with Crippen molar-refractivity contribution in [3.05, 3.63) is 35.9 Å². The molecule has 1 saturated heterocycles. The van der Waals surface area contributed by atoms with E-state index >= 15 is 0 Å². The summed E-state index contributed by atoms with van der Waals surface area (Å²) in [4.78, 5) is 76.8. The molecular formula is C29H43N5O7. The third-order valence-corrected chi connectivity index (χ3v) is 6.46. The van der Waals surface area contributed by atoms with Gasteiger partial charge in [-0.2, -0.15) is 0 Å². The van der Waals surface area contributed by atoms with Crippen LogP contribution in [0.5, 0.6) is 0 Å². The Labute approximate surface area is 241 Å². The Kier molecular flexibility index (Phi) is 12.3. The molecule has 5 amide bonds. The highest BCUT2D eigenvalue weighted by Crippen LogP contribution is 2.19. The number of hydrogen-bond donors (Lipinski definition) is 5. The summed E-state index contributed by atoms with van der Waals surface area (Å²) in [7, 11) is 0. The first-order valence-corrected chi connectivity index (χ1v) is 13.9. The SMILES string of the molecule is CC(C)C[C@H](NC(=O)[C@@H]1CCCN1C(=O)CNC(=O)c1ccccc1)C(=O)NC[C@H](NC(=O)CC(C)(C)C)C(=O)O. The molecule has 0 aromatic heterocycles. The first-order valence-electron chi connectivity index (χ1n) is 13.9. The third-order valence-electron chi connectivity index (χ3n) is 6.46. The Morgan fingerprint density at radius 3 is 2.22 bits per heavy atom. The molecule has 1 fully saturated rings. The van der Waals surface area contributed by atoms with Crippen molar-refractivity contribution >= 4 is 35.5 Å². The predicted octanol–water partition coefficient (Wildman–Crippen LogP) is 1.06. The van der Waals surface area contributed by atoms with E-state index in [4.69, 9.17) is 0 Å². The van der Waals surface area contributed by atoms with Gasteiger partial charge in [0, 0.05) is 25.1 Å². The summed E-state index contributed by atoms with van der Waals surface area (Å²) in [5, 5.41) is 19.8. The number of carboxylic acids is 1. The second-order valence-electron chi connectivity index (χ2n) is 11.9. The molecule has 0 radical (unpaired) electrons. The van der Waals surface area contributed by atoms with E-state index in [0.29, 0.717) is 24.9 Å². The summed E-state index contributed by atoms with van der Waals surface area (Å²) in [5.74, 6) is -3.63. The summed E-state index contributed by atoms with van der Waals surface area (Å²) < 4.78 is 0. The van der Waals surface area contributed by atoms with E-state index in [1.165, 1.54) is 4.90 Å². The van der Waals surface area contributed by atoms with Crippen molar-refractivity contribution in [1.29, 1.82) is 0 Å². The Morgan fingerprint density at radius 1 is 0.976 bits per heavy atom. The van der Waals surface area contributed by atoms with E-state index in [9.17, 15) is 33.9 Å². The van der Waals surface area contributed by atoms with E-state index < -0.39 is 53.6 Å². The Balaban J connectivity index is 1.99. The number of benzene rings is 1. The lowest BCUT2D eigenvalue weighted by Gasteiger charge is -2.27. The minimum atomic E-state index is -1.33. The molecule has 3 atom stereocenters. The fourth-order valence-corrected chi connectivity index (χ4v) is 4.51. The van der Waals surface area contributed by atoms with E-state index in [1.54, 1.807) is 30.3 Å². The van der Waals surface area contributed by atoms with Crippen molar-refractivity contribution in [2.75, 3.05) is 19.6 Å². The molecule has 5 N–H and O–H groups in total. The van der Waals surface area contributed by atoms with Crippen LogP contribution in [0.2, 0.25) is 0 Å². The van der Waals surface area contributed by atoms with Crippen LogP contribution in [-0.2, 0) is 24.0 Å². The number of rotatable bonds is 13. The number of nitrogens with zero attached hydrogens (tertiary/aromatic N) is 1. The zero-order valence-electron chi connectivity index (χ0n) is 24.5. The molecule has 1 aliphatic rings. The molecule has 12 heteroatoms. The summed E-state index contributed by atoms with van der Waals surface area (Å²) in [6, 6.07) is 5.35. The van der Waals surface area contributed by atoms with E-state index in [2.05, 4.69) is 21.3 Å². The standard InChI is InChI=1S/C29H43N5O7/c1-18(2)14-20(26(38)30-16-21(28(40)41)32-23(35)15-29(3,4)5)33-27(39)22-12-9-13-34(22)24(36)17-31-25(37)19-10-7-6-8-11-19/h6-8,10-11,18,20-22H,9,12-17H2,1-5H3,(H,30,38)(H,31,37)(H,32,35)(H,33,39)(H,40,41)/t20-,21-,22-/m0/s1. The van der Waals surface area contributed by atoms with Gasteiger partial charge in [0.05, 0.1) is 6.54 Å². The molecule has 1 heterocycles. The number of carboxylic acid groups (broad SMARTS) is 1. The van der Waals surface area contributed by atoms with E-state index in [0.717, 1.165) is 0 Å². The quantitative estimate of drug-likeness (QED) is 0.235. The predicted molar refractivity (Wildman–Crippen MR) is 152 cm³/mol. The van der Waals surface area contributed by atoms with Crippen LogP contribution in [0.15, 0.2) is 30.3 Å². The smallest absolute Gasteiger partial charge is 0.328 e. The summed E-state index contributed by atoms with van der Waals surface area (Å²) in [6.45, 7) is 9.01. The van der Waals surface area contributed by atoms with Crippen molar-refractivity contribution in [2.24, 2.45) is 11.3 Å². The maximum atomic E-state index is 13.2. The number of nitrogens with one attached hydrogen (secondary N) is 4. The Morgan fingerprint density at radius 2 is 1.63 bits per heavy atom. The normalized spacial score (nSPS) is 16.4. The molecule has 226 valence electrons. The van der Waals surface area contributed by atoms with Gasteiger partial charge in [0.2, 0.25) is 23.6 Å². The molecule has 0 spiro atoms. The molecule has 0 aliphatic carbocycles. The van der Waals surface area contributed by atoms with Gasteiger partial charge in [-0.15, -0.1) is 0 Å². The van der Waals surface area contributed by atoms with E-state index in [-0.39, 0.29) is 37.3 Å². The van der Waals surface area contributed by atoms with Gasteiger partial charge in [-0.05, 0) is 42.7 Å². The second kappa shape index (κ2) is 15.2. The second-order valence-corrected chi connectivity index (χ2v) is 11.9. The summed E-state index contributed by atoms with van der Waals surface area (Å²) in [5.41, 5.74) is 0.0731. The molecule has 0 unspecified atom stereocenters. The number of aliphatic carboxylic acids is 1. The van der Waals surface area contributed by atoms with Gasteiger partial charge in [-0.25, -0.2) is 4.79 Å². The van der Waals surface area contributed by atoms with Crippen molar-refractivity contribution in [2.45, 2.75) is 78.4 Å². The highest BCUT2D eigenvalue weighted by Gasteiger charge is 2.36. The molecule has 0 bridgehead atoms. The van der Waals surface area contributed by atoms with Crippen molar-refractivity contribution in [3.8, 4) is 0 Å². The molecule has 1 aromatic rings. The average molecular weight is 574 g/mol. The molecular weight excluding hydrogens is 530 g/mol. The van der Waals surface area contributed by atoms with Crippen molar-refractivity contribution in [3.63, 3.8) is 0 Å². The zero-order chi connectivity index (χ0) is 30.7. The first kappa shape index (κ1) is 33.2. The van der Waals surface area contributed by atoms with Gasteiger partial charge >= 0.3 is 5.97 Å². The molecule has 12 nitrogen and oxygen atoms in total. The third kappa shape index (κ3) is 11.2. The number of amides is 5. The van der Waals surface area contributed by atoms with Crippen molar-refractivity contribution < 1.29 is 33.9 Å². The Hall–Kier alpha value is -3.96. The van der Waals surface area contributed by atoms with E-state index in [1.807, 2.05) is 34.6 Å². The van der Waals surface area contributed by atoms with Crippen LogP contribution in [-0.4, -0.2) is 83.3 Å². The van der Waals surface area contributed by atoms with Gasteiger partial charge in [0.1, 0.15) is 18.1 Å². The van der Waals surface area contributed by atoms with Crippen LogP contribution in [0.1, 0.15) is 70.7 Å². The minimum Gasteiger partial charge on any atom is -0.480 e. The van der Waals surface area contributed by atoms with Crippen LogP contribution in [0.4, 0.5) is 0 Å². The molecule has 1 aromatic carbocycles. The van der Waals surface area contributed by atoms with Crippen LogP contribution < -0.4 is 21.3 Å². The topological polar surface area (TPSA) is 174 Å². The lowest BCUT2D eigenvalue weighted by molar-refractivity contribution is -0.142. The van der Waals surface area contributed by atoms with Gasteiger partial charge in [-0.1, -0.05) is 52.8 Å². The Bertz CT molecular complexity index is 1100. The van der Waals surface area contributed by atoms with Gasteiger partial charge < -0.3 is 31.3 Å². The maximum absolute atomic E-state index is 13.2. The highest BCUT2D eigenvalue weighted by atomic mass is 16.4. The zero-order valence-corrected chi connectivity index (χ0v) is 24.5. The number of hydrogen-bond acceptors (Lipinski definition) is 6. The number of likely N-dealkylation sites (tertiary alicyclic amines) is 1. The minimum absolute atomic E-state index is 0.0160. The van der Waals surface area contributed by atoms with Crippen LogP contribution >= 0.6 is 0 Å². The lowest BCUT2D eigenvalue weighted by Crippen LogP contribution is -2.56. The largest absolute Gasteiger partial charge is 0.480 e. The molecule has 2 rings (SSSR count). The number of carbonyl (C=O) groups excluding carboxylic acids is 5. The average Bonchev–Trinajstić information content (AvgIpc) is 3.38. The monoisotopic (exact) mass is 573 g/mol. The maximum Gasteiger partial charge on any atom is 0.328 e. The van der Waals surface area contributed by atoms with Crippen molar-refractivity contribution in [1.82, 2.24) is 26.2 Å². The fraction of sp³-hybridized carbons (Fsp3) is 0.586. The van der Waals surface area contributed by atoms with Gasteiger partial charge in [0.25, 0.3) is 5.91 Å². The summed E-state index contributed by atoms with van der Waals surface area (Å²) in [6.07, 6.45) is 1.38. The van der Waals surface area contributed by atoms with Crippen LogP contribution in [0.3, 0.4) is 0 Å². The van der Waals surface area contributed by atoms with Crippen LogP contribution in [0.25, 0.3) is 0 Å². The van der Waals surface area contributed by atoms with Gasteiger partial charge in [-0.3, -0.25) is 24.0 Å². The fourth-order valence-electron chi connectivity index (χ4n) is 4.51. The molecule has 0 saturated carbocycles.